The first-order valence-corrected chi connectivity index (χ1v) is 7.66. The normalized spacial score (nSPS) is 21.2. The van der Waals surface area contributed by atoms with Crippen LogP contribution in [0.1, 0.15) is 44.8 Å². The van der Waals surface area contributed by atoms with Gasteiger partial charge in [0, 0.05) is 6.54 Å². The molecule has 1 fully saturated rings. The second-order valence-corrected chi connectivity index (χ2v) is 5.99. The molecule has 0 aromatic heterocycles. The standard InChI is InChI=1S/C17H27NO/c1-3-15-9-11-18(12-10-15)13-14(2)17(19)16-7-5-4-6-8-16/h4-8,14-15,17,19H,3,9-13H2,1-2H3. The van der Waals surface area contributed by atoms with Gasteiger partial charge >= 0.3 is 0 Å². The van der Waals surface area contributed by atoms with Gasteiger partial charge < -0.3 is 10.0 Å². The van der Waals surface area contributed by atoms with E-state index in [9.17, 15) is 5.11 Å². The minimum Gasteiger partial charge on any atom is -0.388 e. The monoisotopic (exact) mass is 261 g/mol. The molecule has 0 spiro atoms. The highest BCUT2D eigenvalue weighted by Gasteiger charge is 2.22. The van der Waals surface area contributed by atoms with Gasteiger partial charge in [-0.05, 0) is 43.3 Å². The van der Waals surface area contributed by atoms with Crippen LogP contribution in [0.15, 0.2) is 30.3 Å². The highest BCUT2D eigenvalue weighted by Crippen LogP contribution is 2.25. The van der Waals surface area contributed by atoms with Gasteiger partial charge in [-0.2, -0.15) is 0 Å². The van der Waals surface area contributed by atoms with E-state index in [4.69, 9.17) is 0 Å². The van der Waals surface area contributed by atoms with E-state index in [1.807, 2.05) is 30.3 Å². The molecule has 0 bridgehead atoms. The number of piperidine rings is 1. The zero-order valence-electron chi connectivity index (χ0n) is 12.3. The average molecular weight is 261 g/mol. The van der Waals surface area contributed by atoms with E-state index in [0.29, 0.717) is 5.92 Å². The zero-order valence-corrected chi connectivity index (χ0v) is 12.3. The summed E-state index contributed by atoms with van der Waals surface area (Å²) < 4.78 is 0. The Balaban J connectivity index is 1.83. The van der Waals surface area contributed by atoms with E-state index in [0.717, 1.165) is 18.0 Å². The molecule has 0 radical (unpaired) electrons. The third-order valence-corrected chi connectivity index (χ3v) is 4.51. The molecule has 0 saturated carbocycles. The lowest BCUT2D eigenvalue weighted by atomic mass is 9.92. The fourth-order valence-electron chi connectivity index (χ4n) is 3.06. The Morgan fingerprint density at radius 1 is 1.21 bits per heavy atom. The summed E-state index contributed by atoms with van der Waals surface area (Å²) in [4.78, 5) is 2.52. The molecule has 2 heteroatoms. The molecule has 2 unspecified atom stereocenters. The molecule has 0 aliphatic carbocycles. The van der Waals surface area contributed by atoms with Crippen LogP contribution in [0.25, 0.3) is 0 Å². The molecule has 1 aromatic rings. The lowest BCUT2D eigenvalue weighted by Crippen LogP contribution is -2.37. The quantitative estimate of drug-likeness (QED) is 0.877. The van der Waals surface area contributed by atoms with Gasteiger partial charge in [0.1, 0.15) is 0 Å². The van der Waals surface area contributed by atoms with Crippen molar-refractivity contribution in [3.8, 4) is 0 Å². The third-order valence-electron chi connectivity index (χ3n) is 4.51. The van der Waals surface area contributed by atoms with E-state index < -0.39 is 0 Å². The molecule has 1 aliphatic rings. The Bertz CT molecular complexity index is 357. The minimum atomic E-state index is -0.343. The number of hydrogen-bond acceptors (Lipinski definition) is 2. The predicted octanol–water partition coefficient (Wildman–Crippen LogP) is 3.48. The van der Waals surface area contributed by atoms with Crippen molar-refractivity contribution in [3.05, 3.63) is 35.9 Å². The molecule has 2 rings (SSSR count). The Kier molecular flexibility index (Phi) is 5.41. The fraction of sp³-hybridized carbons (Fsp3) is 0.647. The first-order valence-electron chi connectivity index (χ1n) is 7.66. The smallest absolute Gasteiger partial charge is 0.0827 e. The van der Waals surface area contributed by atoms with Gasteiger partial charge in [-0.25, -0.2) is 0 Å². The van der Waals surface area contributed by atoms with Crippen molar-refractivity contribution in [1.29, 1.82) is 0 Å². The van der Waals surface area contributed by atoms with Gasteiger partial charge in [0.2, 0.25) is 0 Å². The summed E-state index contributed by atoms with van der Waals surface area (Å²) in [6.07, 6.45) is 3.62. The summed E-state index contributed by atoms with van der Waals surface area (Å²) >= 11 is 0. The number of rotatable bonds is 5. The van der Waals surface area contributed by atoms with Gasteiger partial charge in [0.25, 0.3) is 0 Å². The molecule has 2 atom stereocenters. The Hall–Kier alpha value is -0.860. The second-order valence-electron chi connectivity index (χ2n) is 5.99. The van der Waals surface area contributed by atoms with Gasteiger partial charge in [-0.3, -0.25) is 0 Å². The van der Waals surface area contributed by atoms with Crippen molar-refractivity contribution in [2.45, 2.75) is 39.2 Å². The number of benzene rings is 1. The van der Waals surface area contributed by atoms with Crippen LogP contribution >= 0.6 is 0 Å². The van der Waals surface area contributed by atoms with E-state index in [1.54, 1.807) is 0 Å². The largest absolute Gasteiger partial charge is 0.388 e. The molecule has 1 aliphatic heterocycles. The maximum atomic E-state index is 10.4. The van der Waals surface area contributed by atoms with Gasteiger partial charge in [0.15, 0.2) is 0 Å². The van der Waals surface area contributed by atoms with Crippen molar-refractivity contribution in [1.82, 2.24) is 4.90 Å². The summed E-state index contributed by atoms with van der Waals surface area (Å²) in [5.74, 6) is 1.21. The summed E-state index contributed by atoms with van der Waals surface area (Å²) in [5.41, 5.74) is 1.04. The molecular weight excluding hydrogens is 234 g/mol. The molecule has 1 saturated heterocycles. The first-order chi connectivity index (χ1) is 9.20. The van der Waals surface area contributed by atoms with Crippen LogP contribution in [0.2, 0.25) is 0 Å². The van der Waals surface area contributed by atoms with Crippen LogP contribution in [0.4, 0.5) is 0 Å². The van der Waals surface area contributed by atoms with E-state index in [-0.39, 0.29) is 6.10 Å². The van der Waals surface area contributed by atoms with Gasteiger partial charge in [-0.15, -0.1) is 0 Å². The Morgan fingerprint density at radius 3 is 2.42 bits per heavy atom. The summed E-state index contributed by atoms with van der Waals surface area (Å²) in [5, 5.41) is 10.4. The maximum absolute atomic E-state index is 10.4. The molecule has 1 aromatic carbocycles. The van der Waals surface area contributed by atoms with Crippen LogP contribution < -0.4 is 0 Å². The van der Waals surface area contributed by atoms with Gasteiger partial charge in [-0.1, -0.05) is 50.6 Å². The molecule has 106 valence electrons. The summed E-state index contributed by atoms with van der Waals surface area (Å²) in [6, 6.07) is 10.0. The number of likely N-dealkylation sites (tertiary alicyclic amines) is 1. The molecule has 1 heterocycles. The number of aliphatic hydroxyl groups excluding tert-OH is 1. The van der Waals surface area contributed by atoms with Crippen LogP contribution in [-0.4, -0.2) is 29.6 Å². The fourth-order valence-corrected chi connectivity index (χ4v) is 3.06. The molecule has 2 nitrogen and oxygen atoms in total. The Morgan fingerprint density at radius 2 is 1.84 bits per heavy atom. The predicted molar refractivity (Wildman–Crippen MR) is 80.0 cm³/mol. The van der Waals surface area contributed by atoms with Crippen LogP contribution in [0, 0.1) is 11.8 Å². The van der Waals surface area contributed by atoms with Gasteiger partial charge in [0.05, 0.1) is 6.10 Å². The van der Waals surface area contributed by atoms with Crippen molar-refractivity contribution in [2.24, 2.45) is 11.8 Å². The molecule has 1 N–H and O–H groups in total. The zero-order chi connectivity index (χ0) is 13.7. The number of hydrogen-bond donors (Lipinski definition) is 1. The average Bonchev–Trinajstić information content (AvgIpc) is 2.48. The Labute approximate surface area is 117 Å². The molecule has 19 heavy (non-hydrogen) atoms. The molecule has 0 amide bonds. The first kappa shape index (κ1) is 14.5. The van der Waals surface area contributed by atoms with Crippen LogP contribution in [0.5, 0.6) is 0 Å². The summed E-state index contributed by atoms with van der Waals surface area (Å²) in [6.45, 7) is 7.85. The SMILES string of the molecule is CCC1CCN(CC(C)C(O)c2ccccc2)CC1. The van der Waals surface area contributed by atoms with Crippen molar-refractivity contribution in [2.75, 3.05) is 19.6 Å². The highest BCUT2D eigenvalue weighted by atomic mass is 16.3. The van der Waals surface area contributed by atoms with Crippen molar-refractivity contribution >= 4 is 0 Å². The topological polar surface area (TPSA) is 23.5 Å². The maximum Gasteiger partial charge on any atom is 0.0827 e. The van der Waals surface area contributed by atoms with Crippen LogP contribution in [-0.2, 0) is 0 Å². The second kappa shape index (κ2) is 7.06. The van der Waals surface area contributed by atoms with E-state index in [2.05, 4.69) is 18.7 Å². The molecular formula is C17H27NO. The van der Waals surface area contributed by atoms with E-state index in [1.165, 1.54) is 32.4 Å². The third kappa shape index (κ3) is 4.05. The summed E-state index contributed by atoms with van der Waals surface area (Å²) in [7, 11) is 0. The van der Waals surface area contributed by atoms with Crippen molar-refractivity contribution in [3.63, 3.8) is 0 Å². The minimum absolute atomic E-state index is 0.292. The lowest BCUT2D eigenvalue weighted by molar-refractivity contribution is 0.0749. The van der Waals surface area contributed by atoms with Crippen LogP contribution in [0.3, 0.4) is 0 Å². The van der Waals surface area contributed by atoms with E-state index >= 15 is 0 Å². The number of aliphatic hydroxyl groups is 1. The van der Waals surface area contributed by atoms with Crippen molar-refractivity contribution < 1.29 is 5.11 Å². The lowest BCUT2D eigenvalue weighted by Gasteiger charge is -2.34. The highest BCUT2D eigenvalue weighted by molar-refractivity contribution is 5.17. The number of nitrogens with zero attached hydrogens (tertiary/aromatic N) is 1.